The minimum Gasteiger partial charge on any atom is -0.480 e. The van der Waals surface area contributed by atoms with Gasteiger partial charge in [-0.3, -0.25) is 4.79 Å². The first-order chi connectivity index (χ1) is 8.47. The molecular formula is C12H22O5S. The molecule has 5 nitrogen and oxygen atoms in total. The van der Waals surface area contributed by atoms with Crippen molar-refractivity contribution < 1.29 is 24.5 Å². The van der Waals surface area contributed by atoms with Crippen molar-refractivity contribution in [2.24, 2.45) is 5.92 Å². The van der Waals surface area contributed by atoms with Gasteiger partial charge in [0.25, 0.3) is 0 Å². The van der Waals surface area contributed by atoms with E-state index in [1.165, 1.54) is 0 Å². The normalized spacial score (nSPS) is 14.2. The summed E-state index contributed by atoms with van der Waals surface area (Å²) in [6.07, 6.45) is 1.01. The lowest BCUT2D eigenvalue weighted by atomic mass is 10.00. The first-order valence-corrected chi connectivity index (χ1v) is 7.18. The molecule has 106 valence electrons. The molecule has 0 aromatic heterocycles. The van der Waals surface area contributed by atoms with Crippen molar-refractivity contribution >= 4 is 23.5 Å². The fraction of sp³-hybridized carbons (Fsp3) is 0.833. The van der Waals surface area contributed by atoms with Gasteiger partial charge in [0.2, 0.25) is 0 Å². The van der Waals surface area contributed by atoms with Crippen molar-refractivity contribution in [1.82, 2.24) is 0 Å². The number of rotatable bonds is 11. The quantitative estimate of drug-likeness (QED) is 0.552. The smallest absolute Gasteiger partial charge is 0.329 e. The lowest BCUT2D eigenvalue weighted by Gasteiger charge is -2.12. The Morgan fingerprint density at radius 3 is 2.56 bits per heavy atom. The average Bonchev–Trinajstić information content (AvgIpc) is 2.28. The first kappa shape index (κ1) is 17.4. The van der Waals surface area contributed by atoms with Crippen LogP contribution in [0.25, 0.3) is 0 Å². The van der Waals surface area contributed by atoms with E-state index in [-0.39, 0.29) is 24.9 Å². The number of ketones is 1. The molecule has 0 heterocycles. The predicted molar refractivity (Wildman–Crippen MR) is 70.9 cm³/mol. The molecule has 0 radical (unpaired) electrons. The van der Waals surface area contributed by atoms with Crippen LogP contribution in [0.4, 0.5) is 0 Å². The first-order valence-electron chi connectivity index (χ1n) is 6.03. The van der Waals surface area contributed by atoms with E-state index in [2.05, 4.69) is 0 Å². The molecule has 0 aliphatic carbocycles. The van der Waals surface area contributed by atoms with Gasteiger partial charge in [0.15, 0.2) is 0 Å². The number of hydrogen-bond acceptors (Lipinski definition) is 5. The fourth-order valence-corrected chi connectivity index (χ4v) is 2.46. The standard InChI is InChI=1S/C12H22O5S/c1-3-10(9(2)13)4-5-18-8-11(14)6-17-7-12(15)16/h10-11,14H,3-8H2,1-2H3,(H,15,16)/t10-,11?/m0/s1. The van der Waals surface area contributed by atoms with E-state index in [1.54, 1.807) is 18.7 Å². The molecule has 0 aromatic rings. The van der Waals surface area contributed by atoms with Gasteiger partial charge in [-0.1, -0.05) is 6.92 Å². The second-order valence-corrected chi connectivity index (χ2v) is 5.29. The Balaban J connectivity index is 3.53. The van der Waals surface area contributed by atoms with Crippen molar-refractivity contribution in [3.63, 3.8) is 0 Å². The second kappa shape index (κ2) is 10.3. The summed E-state index contributed by atoms with van der Waals surface area (Å²) in [7, 11) is 0. The van der Waals surface area contributed by atoms with E-state index in [9.17, 15) is 14.7 Å². The van der Waals surface area contributed by atoms with Gasteiger partial charge < -0.3 is 14.9 Å². The maximum Gasteiger partial charge on any atom is 0.329 e. The summed E-state index contributed by atoms with van der Waals surface area (Å²) in [5.74, 6) is 0.589. The number of carboxylic acid groups (broad SMARTS) is 1. The minimum atomic E-state index is -1.04. The maximum absolute atomic E-state index is 11.2. The van der Waals surface area contributed by atoms with Crippen LogP contribution in [0.5, 0.6) is 0 Å². The molecule has 0 aliphatic heterocycles. The van der Waals surface area contributed by atoms with Crippen LogP contribution < -0.4 is 0 Å². The zero-order valence-electron chi connectivity index (χ0n) is 10.9. The molecule has 0 amide bonds. The highest BCUT2D eigenvalue weighted by Crippen LogP contribution is 2.14. The van der Waals surface area contributed by atoms with E-state index in [4.69, 9.17) is 9.84 Å². The van der Waals surface area contributed by atoms with Crippen molar-refractivity contribution in [3.8, 4) is 0 Å². The Hall–Kier alpha value is -0.590. The molecular weight excluding hydrogens is 256 g/mol. The van der Waals surface area contributed by atoms with Crippen molar-refractivity contribution in [2.45, 2.75) is 32.8 Å². The Bertz CT molecular complexity index is 257. The molecule has 0 fully saturated rings. The molecule has 6 heteroatoms. The van der Waals surface area contributed by atoms with E-state index in [0.717, 1.165) is 18.6 Å². The summed E-state index contributed by atoms with van der Waals surface area (Å²) in [6, 6.07) is 0. The van der Waals surface area contributed by atoms with E-state index < -0.39 is 12.1 Å². The summed E-state index contributed by atoms with van der Waals surface area (Å²) in [5.41, 5.74) is 0. The molecule has 1 unspecified atom stereocenters. The molecule has 18 heavy (non-hydrogen) atoms. The van der Waals surface area contributed by atoms with Crippen molar-refractivity contribution in [1.29, 1.82) is 0 Å². The van der Waals surface area contributed by atoms with Crippen LogP contribution >= 0.6 is 11.8 Å². The minimum absolute atomic E-state index is 0.0310. The molecule has 0 aliphatic rings. The van der Waals surface area contributed by atoms with Gasteiger partial charge >= 0.3 is 5.97 Å². The number of aliphatic hydroxyl groups excluding tert-OH is 1. The molecule has 0 saturated carbocycles. The summed E-state index contributed by atoms with van der Waals surface area (Å²) in [4.78, 5) is 21.3. The van der Waals surface area contributed by atoms with Crippen LogP contribution in [0.1, 0.15) is 26.7 Å². The number of hydrogen-bond donors (Lipinski definition) is 2. The van der Waals surface area contributed by atoms with Crippen molar-refractivity contribution in [3.05, 3.63) is 0 Å². The van der Waals surface area contributed by atoms with Gasteiger partial charge in [0.05, 0.1) is 12.7 Å². The number of carbonyl (C=O) groups is 2. The van der Waals surface area contributed by atoms with Gasteiger partial charge in [-0.05, 0) is 25.5 Å². The highest BCUT2D eigenvalue weighted by atomic mass is 32.2. The van der Waals surface area contributed by atoms with Crippen LogP contribution in [-0.2, 0) is 14.3 Å². The maximum atomic E-state index is 11.2. The second-order valence-electron chi connectivity index (χ2n) is 4.14. The molecule has 2 atom stereocenters. The van der Waals surface area contributed by atoms with Crippen LogP contribution in [0, 0.1) is 5.92 Å². The third-order valence-electron chi connectivity index (χ3n) is 2.52. The van der Waals surface area contributed by atoms with Gasteiger partial charge in [-0.25, -0.2) is 4.79 Å². The van der Waals surface area contributed by atoms with Crippen LogP contribution in [0.15, 0.2) is 0 Å². The lowest BCUT2D eigenvalue weighted by molar-refractivity contribution is -0.143. The van der Waals surface area contributed by atoms with Crippen LogP contribution in [-0.4, -0.2) is 52.8 Å². The Kier molecular flexibility index (Phi) is 10.0. The van der Waals surface area contributed by atoms with Crippen LogP contribution in [0.2, 0.25) is 0 Å². The third kappa shape index (κ3) is 9.44. The molecule has 0 aromatic carbocycles. The topological polar surface area (TPSA) is 83.8 Å². The monoisotopic (exact) mass is 278 g/mol. The zero-order valence-corrected chi connectivity index (χ0v) is 11.7. The number of aliphatic carboxylic acids is 1. The van der Waals surface area contributed by atoms with Crippen LogP contribution in [0.3, 0.4) is 0 Å². The summed E-state index contributed by atoms with van der Waals surface area (Å²) >= 11 is 1.55. The number of ether oxygens (including phenoxy) is 1. The molecule has 2 N–H and O–H groups in total. The van der Waals surface area contributed by atoms with Gasteiger partial charge in [0, 0.05) is 11.7 Å². The Morgan fingerprint density at radius 1 is 1.39 bits per heavy atom. The third-order valence-corrected chi connectivity index (χ3v) is 3.67. The Labute approximate surface area is 112 Å². The summed E-state index contributed by atoms with van der Waals surface area (Å²) in [5, 5.41) is 17.8. The zero-order chi connectivity index (χ0) is 14.0. The van der Waals surface area contributed by atoms with Gasteiger partial charge in [-0.2, -0.15) is 11.8 Å². The highest BCUT2D eigenvalue weighted by Gasteiger charge is 2.12. The predicted octanol–water partition coefficient (Wildman–Crippen LogP) is 1.19. The van der Waals surface area contributed by atoms with E-state index in [0.29, 0.717) is 5.75 Å². The number of aliphatic hydroxyl groups is 1. The fourth-order valence-electron chi connectivity index (χ4n) is 1.47. The number of Topliss-reactive ketones (excluding diaryl/α,β-unsaturated/α-hetero) is 1. The summed E-state index contributed by atoms with van der Waals surface area (Å²) in [6.45, 7) is 3.24. The van der Waals surface area contributed by atoms with E-state index in [1.807, 2.05) is 6.92 Å². The number of carbonyl (C=O) groups excluding carboxylic acids is 1. The molecule has 0 saturated heterocycles. The summed E-state index contributed by atoms with van der Waals surface area (Å²) < 4.78 is 4.78. The van der Waals surface area contributed by atoms with Gasteiger partial charge in [0.1, 0.15) is 12.4 Å². The van der Waals surface area contributed by atoms with Gasteiger partial charge in [-0.15, -0.1) is 0 Å². The van der Waals surface area contributed by atoms with Crippen molar-refractivity contribution in [2.75, 3.05) is 24.7 Å². The average molecular weight is 278 g/mol. The molecule has 0 bridgehead atoms. The van der Waals surface area contributed by atoms with E-state index >= 15 is 0 Å². The molecule has 0 spiro atoms. The molecule has 0 rings (SSSR count). The largest absolute Gasteiger partial charge is 0.480 e. The number of thioether (sulfide) groups is 1. The lowest BCUT2D eigenvalue weighted by Crippen LogP contribution is -2.21. The SMILES string of the molecule is CC[C@@H](CCSCC(O)COCC(=O)O)C(C)=O. The highest BCUT2D eigenvalue weighted by molar-refractivity contribution is 7.99. The Morgan fingerprint density at radius 2 is 2.06 bits per heavy atom. The number of carboxylic acids is 1.